The van der Waals surface area contributed by atoms with Crippen LogP contribution in [0.25, 0.3) is 33.7 Å². The fourth-order valence-electron chi connectivity index (χ4n) is 7.15. The normalized spacial score (nSPS) is 18.8. The average molecular weight is 735 g/mol. The van der Waals surface area contributed by atoms with E-state index in [0.717, 1.165) is 11.1 Å². The number of hydrogen-bond acceptors (Lipinski definition) is 12. The van der Waals surface area contributed by atoms with Gasteiger partial charge in [0.15, 0.2) is 22.8 Å². The van der Waals surface area contributed by atoms with Crippen LogP contribution < -0.4 is 15.1 Å². The largest absolute Gasteiger partial charge is 0.508 e. The summed E-state index contributed by atoms with van der Waals surface area (Å²) in [7, 11) is 1.52. The number of phenols is 3. The van der Waals surface area contributed by atoms with E-state index in [-0.39, 0.29) is 52.9 Å². The van der Waals surface area contributed by atoms with E-state index < -0.39 is 28.4 Å². The Morgan fingerprint density at radius 1 is 0.963 bits per heavy atom. The van der Waals surface area contributed by atoms with E-state index in [9.17, 15) is 40.2 Å². The van der Waals surface area contributed by atoms with E-state index in [1.165, 1.54) is 43.5 Å². The smallest absolute Gasteiger partial charge is 0.348 e. The number of carbonyl (C=O) groups is 1. The van der Waals surface area contributed by atoms with E-state index >= 15 is 0 Å². The number of ether oxygens (including phenoxy) is 3. The summed E-state index contributed by atoms with van der Waals surface area (Å²) in [6.45, 7) is 7.77. The second kappa shape index (κ2) is 12.9. The molecule has 1 aromatic heterocycles. The standard InChI is InChI=1S/C26H26O6.C16H12O6/c1-14(2)6-11-17-22-18(12-13-26(3,4)32-22)24-20(23(17)30-5)21(28)19(25(29)31-24)15-7-9-16(27)10-8-15;17-10-2-1-8-13-9-4-12(19)11(18)3-7(9)5-16(13,21)6-22-15(8)14(10)20/h6-10,12-13,27-28H,11H2,1-5H3;1-4,18-21H,5-6H2. The van der Waals surface area contributed by atoms with Gasteiger partial charge in [-0.3, -0.25) is 4.79 Å². The van der Waals surface area contributed by atoms with E-state index in [4.69, 9.17) is 18.6 Å². The highest BCUT2D eigenvalue weighted by Gasteiger charge is 2.48. The second-order valence-electron chi connectivity index (χ2n) is 14.3. The van der Waals surface area contributed by atoms with Crippen molar-refractivity contribution in [1.29, 1.82) is 0 Å². The minimum Gasteiger partial charge on any atom is -0.508 e. The van der Waals surface area contributed by atoms with Gasteiger partial charge in [-0.05, 0) is 99.4 Å². The number of aliphatic hydroxyl groups excluding tert-OH is 1. The van der Waals surface area contributed by atoms with Crippen molar-refractivity contribution in [2.75, 3.05) is 13.7 Å². The number of aromatic hydroxyl groups is 4. The van der Waals surface area contributed by atoms with Crippen LogP contribution in [0.15, 0.2) is 92.6 Å². The van der Waals surface area contributed by atoms with E-state index in [1.807, 2.05) is 39.8 Å². The molecule has 0 saturated heterocycles. The maximum Gasteiger partial charge on any atom is 0.348 e. The minimum absolute atomic E-state index is 0.00458. The number of allylic oxidation sites excluding steroid dienone is 4. The molecule has 4 aromatic rings. The van der Waals surface area contributed by atoms with Gasteiger partial charge in [-0.15, -0.1) is 0 Å². The van der Waals surface area contributed by atoms with Gasteiger partial charge in [-0.1, -0.05) is 23.8 Å². The molecule has 54 heavy (non-hydrogen) atoms. The molecule has 6 N–H and O–H groups in total. The van der Waals surface area contributed by atoms with Crippen molar-refractivity contribution in [2.24, 2.45) is 0 Å². The molecule has 1 atom stereocenters. The van der Waals surface area contributed by atoms with Gasteiger partial charge in [0, 0.05) is 23.1 Å². The Labute approximate surface area is 309 Å². The molecule has 8 rings (SSSR count). The lowest BCUT2D eigenvalue weighted by molar-refractivity contribution is -0.114. The van der Waals surface area contributed by atoms with Gasteiger partial charge in [0.25, 0.3) is 0 Å². The van der Waals surface area contributed by atoms with Crippen molar-refractivity contribution in [3.05, 3.63) is 116 Å². The first-order valence-electron chi connectivity index (χ1n) is 17.1. The highest BCUT2D eigenvalue weighted by atomic mass is 16.5. The van der Waals surface area contributed by atoms with Gasteiger partial charge < -0.3 is 49.3 Å². The summed E-state index contributed by atoms with van der Waals surface area (Å²) in [5.41, 5.74) is 2.65. The molecule has 3 heterocycles. The lowest BCUT2D eigenvalue weighted by Crippen LogP contribution is -2.39. The first kappa shape index (κ1) is 36.0. The van der Waals surface area contributed by atoms with Crippen molar-refractivity contribution in [3.63, 3.8) is 0 Å². The molecule has 1 unspecified atom stereocenters. The van der Waals surface area contributed by atoms with Gasteiger partial charge in [0.2, 0.25) is 11.5 Å². The number of benzene rings is 3. The summed E-state index contributed by atoms with van der Waals surface area (Å²) in [5, 5.41) is 61.3. The molecule has 12 heteroatoms. The van der Waals surface area contributed by atoms with Crippen LogP contribution in [-0.4, -0.2) is 61.3 Å². The third-order valence-corrected chi connectivity index (χ3v) is 9.69. The highest BCUT2D eigenvalue weighted by Crippen LogP contribution is 2.52. The molecule has 2 aliphatic carbocycles. The Morgan fingerprint density at radius 3 is 2.35 bits per heavy atom. The molecule has 0 spiro atoms. The first-order valence-corrected chi connectivity index (χ1v) is 17.1. The zero-order valence-electron chi connectivity index (χ0n) is 30.1. The van der Waals surface area contributed by atoms with Crippen molar-refractivity contribution in [1.82, 2.24) is 0 Å². The third-order valence-electron chi connectivity index (χ3n) is 9.69. The van der Waals surface area contributed by atoms with Crippen molar-refractivity contribution in [2.45, 2.75) is 51.7 Å². The molecule has 4 aliphatic rings. The number of phenolic OH excluding ortho intramolecular Hbond substituents is 3. The summed E-state index contributed by atoms with van der Waals surface area (Å²) in [6, 6.07) is 8.76. The lowest BCUT2D eigenvalue weighted by atomic mass is 9.85. The minimum atomic E-state index is -1.33. The van der Waals surface area contributed by atoms with Crippen LogP contribution in [0, 0.1) is 0 Å². The second-order valence-corrected chi connectivity index (χ2v) is 14.3. The highest BCUT2D eigenvalue weighted by molar-refractivity contribution is 6.06. The molecule has 278 valence electrons. The molecule has 0 bridgehead atoms. The molecule has 0 fully saturated rings. The van der Waals surface area contributed by atoms with Crippen LogP contribution in [0.4, 0.5) is 0 Å². The topological polar surface area (TPSA) is 196 Å². The maximum absolute atomic E-state index is 12.9. The molecular formula is C42H38O12. The van der Waals surface area contributed by atoms with Crippen LogP contribution in [0.1, 0.15) is 49.9 Å². The number of ketones is 1. The Hall–Kier alpha value is -6.40. The summed E-state index contributed by atoms with van der Waals surface area (Å²) < 4.78 is 23.2. The lowest BCUT2D eigenvalue weighted by Gasteiger charge is -2.33. The SMILES string of the molecule is COc1c(CC=C(C)C)c2c(c3oc(=O)c(-c4ccc(O)cc4)c(O)c13)C=CC(C)(C)O2.O=C1C=CC2=C3c4cc(O)c(O)cc4CC3(O)COC2=C1O. The summed E-state index contributed by atoms with van der Waals surface area (Å²) in [5.74, 6) is -0.804. The quantitative estimate of drug-likeness (QED) is 0.0743. The monoisotopic (exact) mass is 734 g/mol. The number of hydrogen-bond donors (Lipinski definition) is 6. The molecule has 0 saturated carbocycles. The van der Waals surface area contributed by atoms with Crippen LogP contribution >= 0.6 is 0 Å². The zero-order chi connectivity index (χ0) is 38.9. The average Bonchev–Trinajstić information content (AvgIpc) is 3.40. The van der Waals surface area contributed by atoms with Gasteiger partial charge in [0.05, 0.1) is 12.7 Å². The van der Waals surface area contributed by atoms with Gasteiger partial charge in [-0.25, -0.2) is 4.79 Å². The fourth-order valence-corrected chi connectivity index (χ4v) is 7.15. The molecular weight excluding hydrogens is 696 g/mol. The molecule has 12 nitrogen and oxygen atoms in total. The Morgan fingerprint density at radius 2 is 1.67 bits per heavy atom. The molecule has 0 amide bonds. The summed E-state index contributed by atoms with van der Waals surface area (Å²) >= 11 is 0. The fraction of sp³-hybridized carbons (Fsp3) is 0.238. The predicted molar refractivity (Wildman–Crippen MR) is 200 cm³/mol. The third kappa shape index (κ3) is 5.94. The van der Waals surface area contributed by atoms with E-state index in [0.29, 0.717) is 56.7 Å². The van der Waals surface area contributed by atoms with Crippen molar-refractivity contribution in [3.8, 4) is 45.6 Å². The zero-order valence-corrected chi connectivity index (χ0v) is 30.1. The van der Waals surface area contributed by atoms with E-state index in [1.54, 1.807) is 12.1 Å². The van der Waals surface area contributed by atoms with Crippen molar-refractivity contribution < 1.29 is 54.1 Å². The number of rotatable bonds is 4. The summed E-state index contributed by atoms with van der Waals surface area (Å²) in [4.78, 5) is 24.5. The summed E-state index contributed by atoms with van der Waals surface area (Å²) in [6.07, 6.45) is 9.21. The predicted octanol–water partition coefficient (Wildman–Crippen LogP) is 6.65. The first-order chi connectivity index (χ1) is 25.5. The van der Waals surface area contributed by atoms with Gasteiger partial charge in [-0.2, -0.15) is 0 Å². The van der Waals surface area contributed by atoms with E-state index in [2.05, 4.69) is 6.08 Å². The maximum atomic E-state index is 12.9. The molecule has 2 aliphatic heterocycles. The van der Waals surface area contributed by atoms with Crippen LogP contribution in [-0.2, 0) is 22.4 Å². The van der Waals surface area contributed by atoms with Crippen LogP contribution in [0.5, 0.6) is 34.5 Å². The Kier molecular flexibility index (Phi) is 8.61. The number of aliphatic hydroxyl groups is 2. The Balaban J connectivity index is 0.000000178. The molecule has 0 radical (unpaired) electrons. The Bertz CT molecular complexity index is 2490. The molecule has 3 aromatic carbocycles. The van der Waals surface area contributed by atoms with Crippen molar-refractivity contribution >= 4 is 28.4 Å². The van der Waals surface area contributed by atoms with Gasteiger partial charge in [0.1, 0.15) is 51.8 Å². The number of carbonyl (C=O) groups excluding carboxylic acids is 1. The van der Waals surface area contributed by atoms with Crippen LogP contribution in [0.3, 0.4) is 0 Å². The van der Waals surface area contributed by atoms with Crippen LogP contribution in [0.2, 0.25) is 0 Å². The number of methoxy groups -OCH3 is 1. The number of fused-ring (bicyclic) bond motifs is 7. The van der Waals surface area contributed by atoms with Gasteiger partial charge >= 0.3 is 5.63 Å².